The number of carbonyl (C=O) groups is 1. The van der Waals surface area contributed by atoms with Gasteiger partial charge in [-0.15, -0.1) is 0 Å². The van der Waals surface area contributed by atoms with E-state index in [0.717, 1.165) is 28.1 Å². The molecular formula is C20H26N2O3. The fraction of sp³-hybridized carbons (Fsp3) is 0.400. The zero-order valence-electron chi connectivity index (χ0n) is 15.2. The lowest BCUT2D eigenvalue weighted by molar-refractivity contribution is -0.140. The highest BCUT2D eigenvalue weighted by atomic mass is 16.5. The predicted molar refractivity (Wildman–Crippen MR) is 97.6 cm³/mol. The minimum atomic E-state index is -0.821. The molecule has 25 heavy (non-hydrogen) atoms. The van der Waals surface area contributed by atoms with Gasteiger partial charge in [0.2, 0.25) is 0 Å². The first-order chi connectivity index (χ1) is 11.9. The van der Waals surface area contributed by atoms with Crippen LogP contribution in [0.4, 0.5) is 0 Å². The van der Waals surface area contributed by atoms with E-state index >= 15 is 0 Å². The van der Waals surface area contributed by atoms with Crippen LogP contribution >= 0.6 is 0 Å². The lowest BCUT2D eigenvalue weighted by atomic mass is 10.0. The molecule has 0 aliphatic carbocycles. The fourth-order valence-corrected chi connectivity index (χ4v) is 2.84. The molecule has 2 N–H and O–H groups in total. The number of carboxylic acid groups (broad SMARTS) is 1. The molecule has 0 bridgehead atoms. The average Bonchev–Trinajstić information content (AvgIpc) is 2.54. The number of aromatic nitrogens is 1. The van der Waals surface area contributed by atoms with Gasteiger partial charge in [-0.3, -0.25) is 9.78 Å². The number of aryl methyl sites for hydroxylation is 2. The molecule has 0 radical (unpaired) electrons. The van der Waals surface area contributed by atoms with Crippen LogP contribution < -0.4 is 10.1 Å². The van der Waals surface area contributed by atoms with Crippen molar-refractivity contribution in [2.75, 3.05) is 0 Å². The lowest BCUT2D eigenvalue weighted by Crippen LogP contribution is -2.40. The Balaban J connectivity index is 2.05. The molecule has 1 aromatic carbocycles. The van der Waals surface area contributed by atoms with E-state index in [0.29, 0.717) is 13.2 Å². The van der Waals surface area contributed by atoms with Gasteiger partial charge < -0.3 is 15.2 Å². The standard InChI is InChI=1S/C20H26N2O3/c1-13(2)18(20(23)24)22-11-16-9-14(3)19(15(4)10-16)25-12-17-7-5-6-8-21-17/h5-10,13,18,22H,11-12H2,1-4H3,(H,23,24)/t18-/m0/s1. The summed E-state index contributed by atoms with van der Waals surface area (Å²) in [6.45, 7) is 8.74. The van der Waals surface area contributed by atoms with E-state index in [4.69, 9.17) is 4.74 Å². The minimum absolute atomic E-state index is 0.0284. The van der Waals surface area contributed by atoms with Gasteiger partial charge in [-0.05, 0) is 48.6 Å². The third-order valence-corrected chi connectivity index (χ3v) is 4.07. The van der Waals surface area contributed by atoms with Gasteiger partial charge in [0.1, 0.15) is 18.4 Å². The summed E-state index contributed by atoms with van der Waals surface area (Å²) < 4.78 is 5.93. The number of hydrogen-bond donors (Lipinski definition) is 2. The largest absolute Gasteiger partial charge is 0.487 e. The van der Waals surface area contributed by atoms with E-state index in [1.807, 2.05) is 58.0 Å². The number of pyridine rings is 1. The number of nitrogens with zero attached hydrogens (tertiary/aromatic N) is 1. The summed E-state index contributed by atoms with van der Waals surface area (Å²) in [5.41, 5.74) is 3.99. The molecule has 0 fully saturated rings. The Morgan fingerprint density at radius 2 is 1.92 bits per heavy atom. The second-order valence-electron chi connectivity index (χ2n) is 6.61. The van der Waals surface area contributed by atoms with Crippen molar-refractivity contribution in [2.45, 2.75) is 46.9 Å². The number of rotatable bonds is 8. The zero-order valence-corrected chi connectivity index (χ0v) is 15.2. The van der Waals surface area contributed by atoms with Crippen molar-refractivity contribution in [3.8, 4) is 5.75 Å². The van der Waals surface area contributed by atoms with Crippen molar-refractivity contribution in [3.63, 3.8) is 0 Å². The third-order valence-electron chi connectivity index (χ3n) is 4.07. The Morgan fingerprint density at radius 1 is 1.24 bits per heavy atom. The number of hydrogen-bond acceptors (Lipinski definition) is 4. The molecule has 0 aliphatic rings. The van der Waals surface area contributed by atoms with Gasteiger partial charge in [0, 0.05) is 12.7 Å². The smallest absolute Gasteiger partial charge is 0.320 e. The molecule has 0 amide bonds. The molecule has 0 unspecified atom stereocenters. The number of benzene rings is 1. The highest BCUT2D eigenvalue weighted by Crippen LogP contribution is 2.25. The van der Waals surface area contributed by atoms with Crippen LogP contribution in [0.5, 0.6) is 5.75 Å². The van der Waals surface area contributed by atoms with Crippen LogP contribution in [0.1, 0.15) is 36.2 Å². The van der Waals surface area contributed by atoms with E-state index < -0.39 is 12.0 Å². The van der Waals surface area contributed by atoms with Crippen LogP contribution in [-0.4, -0.2) is 22.1 Å². The Labute approximate surface area is 149 Å². The molecule has 0 aliphatic heterocycles. The van der Waals surface area contributed by atoms with Gasteiger partial charge in [-0.2, -0.15) is 0 Å². The molecule has 2 rings (SSSR count). The van der Waals surface area contributed by atoms with Crippen molar-refractivity contribution < 1.29 is 14.6 Å². The second-order valence-corrected chi connectivity index (χ2v) is 6.61. The summed E-state index contributed by atoms with van der Waals surface area (Å²) in [7, 11) is 0. The molecule has 2 aromatic rings. The normalized spacial score (nSPS) is 12.2. The molecule has 1 aromatic heterocycles. The predicted octanol–water partition coefficient (Wildman–Crippen LogP) is 3.48. The summed E-state index contributed by atoms with van der Waals surface area (Å²) in [6, 6.07) is 9.26. The molecule has 5 heteroatoms. The van der Waals surface area contributed by atoms with E-state index in [-0.39, 0.29) is 5.92 Å². The SMILES string of the molecule is Cc1cc(CN[C@H](C(=O)O)C(C)C)cc(C)c1OCc1ccccn1. The highest BCUT2D eigenvalue weighted by molar-refractivity contribution is 5.73. The fourth-order valence-electron chi connectivity index (χ4n) is 2.84. The number of ether oxygens (including phenoxy) is 1. The first-order valence-electron chi connectivity index (χ1n) is 8.47. The van der Waals surface area contributed by atoms with Crippen LogP contribution in [-0.2, 0) is 17.9 Å². The van der Waals surface area contributed by atoms with Gasteiger partial charge in [0.15, 0.2) is 0 Å². The van der Waals surface area contributed by atoms with Gasteiger partial charge in [-0.1, -0.05) is 32.0 Å². The topological polar surface area (TPSA) is 71.5 Å². The maximum Gasteiger partial charge on any atom is 0.320 e. The molecule has 0 saturated carbocycles. The van der Waals surface area contributed by atoms with Crippen molar-refractivity contribution >= 4 is 5.97 Å². The lowest BCUT2D eigenvalue weighted by Gasteiger charge is -2.19. The monoisotopic (exact) mass is 342 g/mol. The van der Waals surface area contributed by atoms with Crippen LogP contribution in [0.15, 0.2) is 36.5 Å². The highest BCUT2D eigenvalue weighted by Gasteiger charge is 2.20. The number of nitrogens with one attached hydrogen (secondary N) is 1. The molecule has 5 nitrogen and oxygen atoms in total. The summed E-state index contributed by atoms with van der Waals surface area (Å²) >= 11 is 0. The third kappa shape index (κ3) is 5.29. The van der Waals surface area contributed by atoms with Gasteiger partial charge in [0.25, 0.3) is 0 Å². The van der Waals surface area contributed by atoms with Crippen molar-refractivity contribution in [2.24, 2.45) is 5.92 Å². The molecule has 0 saturated heterocycles. The minimum Gasteiger partial charge on any atom is -0.487 e. The molecule has 1 atom stereocenters. The molecule has 0 spiro atoms. The van der Waals surface area contributed by atoms with Crippen LogP contribution in [0.2, 0.25) is 0 Å². The summed E-state index contributed by atoms with van der Waals surface area (Å²) in [4.78, 5) is 15.5. The van der Waals surface area contributed by atoms with Crippen LogP contribution in [0.3, 0.4) is 0 Å². The Kier molecular flexibility index (Phi) is 6.53. The van der Waals surface area contributed by atoms with Crippen LogP contribution in [0.25, 0.3) is 0 Å². The maximum absolute atomic E-state index is 11.3. The Hall–Kier alpha value is -2.40. The van der Waals surface area contributed by atoms with Crippen molar-refractivity contribution in [3.05, 3.63) is 58.9 Å². The molecule has 134 valence electrons. The molecular weight excluding hydrogens is 316 g/mol. The summed E-state index contributed by atoms with van der Waals surface area (Å²) in [5.74, 6) is 0.0625. The average molecular weight is 342 g/mol. The van der Waals surface area contributed by atoms with Gasteiger partial charge >= 0.3 is 5.97 Å². The van der Waals surface area contributed by atoms with Gasteiger partial charge in [-0.25, -0.2) is 0 Å². The Morgan fingerprint density at radius 3 is 2.44 bits per heavy atom. The molecule has 1 heterocycles. The number of aliphatic carboxylic acids is 1. The number of carboxylic acids is 1. The van der Waals surface area contributed by atoms with Crippen molar-refractivity contribution in [1.29, 1.82) is 0 Å². The zero-order chi connectivity index (χ0) is 18.4. The van der Waals surface area contributed by atoms with E-state index in [2.05, 4.69) is 10.3 Å². The van der Waals surface area contributed by atoms with Gasteiger partial charge in [0.05, 0.1) is 5.69 Å². The first-order valence-corrected chi connectivity index (χ1v) is 8.47. The van der Waals surface area contributed by atoms with E-state index in [9.17, 15) is 9.90 Å². The first kappa shape index (κ1) is 18.9. The van der Waals surface area contributed by atoms with Crippen LogP contribution in [0, 0.1) is 19.8 Å². The summed E-state index contributed by atoms with van der Waals surface area (Å²) in [6.07, 6.45) is 1.75. The Bertz CT molecular complexity index is 691. The maximum atomic E-state index is 11.3. The quantitative estimate of drug-likeness (QED) is 0.768. The van der Waals surface area contributed by atoms with Crippen molar-refractivity contribution in [1.82, 2.24) is 10.3 Å². The van der Waals surface area contributed by atoms with E-state index in [1.54, 1.807) is 6.20 Å². The summed E-state index contributed by atoms with van der Waals surface area (Å²) in [5, 5.41) is 12.4. The van der Waals surface area contributed by atoms with E-state index in [1.165, 1.54) is 0 Å². The second kappa shape index (κ2) is 8.62.